The monoisotopic (exact) mass is 376 g/mol. The number of hydrogen-bond acceptors (Lipinski definition) is 3. The molecule has 0 saturated carbocycles. The SMILES string of the molecule is Cc1ccc(CN2CC(C(=O)NC(C)c3nc4ccccc4[nH]3)CC2=O)cc1. The van der Waals surface area contributed by atoms with E-state index in [0.717, 1.165) is 22.4 Å². The number of carbonyl (C=O) groups is 2. The van der Waals surface area contributed by atoms with Crippen molar-refractivity contribution in [1.29, 1.82) is 0 Å². The van der Waals surface area contributed by atoms with Crippen molar-refractivity contribution in [3.05, 3.63) is 65.5 Å². The summed E-state index contributed by atoms with van der Waals surface area (Å²) in [6.45, 7) is 4.93. The van der Waals surface area contributed by atoms with Crippen LogP contribution in [-0.4, -0.2) is 33.2 Å². The van der Waals surface area contributed by atoms with Gasteiger partial charge in [0.05, 0.1) is 23.0 Å². The van der Waals surface area contributed by atoms with Gasteiger partial charge >= 0.3 is 0 Å². The molecule has 28 heavy (non-hydrogen) atoms. The lowest BCUT2D eigenvalue weighted by Gasteiger charge is -2.18. The van der Waals surface area contributed by atoms with Crippen molar-refractivity contribution in [2.45, 2.75) is 32.9 Å². The third-order valence-electron chi connectivity index (χ3n) is 5.26. The highest BCUT2D eigenvalue weighted by Gasteiger charge is 2.34. The first-order valence-corrected chi connectivity index (χ1v) is 9.58. The maximum Gasteiger partial charge on any atom is 0.226 e. The van der Waals surface area contributed by atoms with Crippen LogP contribution in [0.3, 0.4) is 0 Å². The van der Waals surface area contributed by atoms with Crippen LogP contribution in [0, 0.1) is 12.8 Å². The number of nitrogens with zero attached hydrogens (tertiary/aromatic N) is 2. The van der Waals surface area contributed by atoms with Crippen molar-refractivity contribution in [2.24, 2.45) is 5.92 Å². The lowest BCUT2D eigenvalue weighted by Crippen LogP contribution is -2.34. The normalized spacial score (nSPS) is 17.9. The summed E-state index contributed by atoms with van der Waals surface area (Å²) in [4.78, 5) is 34.6. The van der Waals surface area contributed by atoms with Crippen molar-refractivity contribution in [3.63, 3.8) is 0 Å². The quantitative estimate of drug-likeness (QED) is 0.718. The van der Waals surface area contributed by atoms with Crippen molar-refractivity contribution in [1.82, 2.24) is 20.2 Å². The van der Waals surface area contributed by atoms with Crippen LogP contribution in [0.15, 0.2) is 48.5 Å². The topological polar surface area (TPSA) is 78.1 Å². The first-order chi connectivity index (χ1) is 13.5. The molecule has 0 aliphatic carbocycles. The number of likely N-dealkylation sites (tertiary alicyclic amines) is 1. The van der Waals surface area contributed by atoms with E-state index >= 15 is 0 Å². The Bertz CT molecular complexity index is 976. The minimum absolute atomic E-state index is 0.0251. The molecule has 2 amide bonds. The molecule has 144 valence electrons. The summed E-state index contributed by atoms with van der Waals surface area (Å²) < 4.78 is 0. The second-order valence-corrected chi connectivity index (χ2v) is 7.53. The van der Waals surface area contributed by atoms with Crippen molar-refractivity contribution in [2.75, 3.05) is 6.54 Å². The largest absolute Gasteiger partial charge is 0.346 e. The minimum atomic E-state index is -0.329. The Kier molecular flexibility index (Phi) is 4.86. The number of carbonyl (C=O) groups excluding carboxylic acids is 2. The summed E-state index contributed by atoms with van der Waals surface area (Å²) in [6, 6.07) is 15.6. The molecule has 2 heterocycles. The molecule has 2 unspecified atom stereocenters. The summed E-state index contributed by atoms with van der Waals surface area (Å²) in [7, 11) is 0. The van der Waals surface area contributed by atoms with Gasteiger partial charge in [-0.25, -0.2) is 4.98 Å². The number of imidazole rings is 1. The number of aromatic amines is 1. The van der Waals surface area contributed by atoms with E-state index < -0.39 is 0 Å². The molecule has 0 radical (unpaired) electrons. The average molecular weight is 376 g/mol. The standard InChI is InChI=1S/C22H24N4O2/c1-14-7-9-16(10-8-14)12-26-13-17(11-20(26)27)22(28)23-15(2)21-24-18-5-3-4-6-19(18)25-21/h3-10,15,17H,11-13H2,1-2H3,(H,23,28)(H,24,25). The molecule has 1 aliphatic rings. The molecule has 6 heteroatoms. The summed E-state index contributed by atoms with van der Waals surface area (Å²) in [6.07, 6.45) is 0.255. The molecule has 0 spiro atoms. The predicted molar refractivity (Wildman–Crippen MR) is 107 cm³/mol. The van der Waals surface area contributed by atoms with Gasteiger partial charge in [0, 0.05) is 19.5 Å². The van der Waals surface area contributed by atoms with E-state index in [1.807, 2.05) is 62.4 Å². The Labute approximate surface area is 164 Å². The van der Waals surface area contributed by atoms with Crippen LogP contribution in [0.5, 0.6) is 0 Å². The fourth-order valence-corrected chi connectivity index (χ4v) is 3.59. The van der Waals surface area contributed by atoms with E-state index in [-0.39, 0.29) is 30.2 Å². The van der Waals surface area contributed by atoms with E-state index in [1.165, 1.54) is 5.56 Å². The Morgan fingerprint density at radius 1 is 1.25 bits per heavy atom. The van der Waals surface area contributed by atoms with Crippen LogP contribution in [0.4, 0.5) is 0 Å². The number of hydrogen-bond donors (Lipinski definition) is 2. The first kappa shape index (κ1) is 18.2. The maximum absolute atomic E-state index is 12.7. The lowest BCUT2D eigenvalue weighted by atomic mass is 10.1. The first-order valence-electron chi connectivity index (χ1n) is 9.58. The van der Waals surface area contributed by atoms with Gasteiger partial charge in [-0.1, -0.05) is 42.0 Å². The highest BCUT2D eigenvalue weighted by atomic mass is 16.2. The zero-order valence-electron chi connectivity index (χ0n) is 16.1. The molecular formula is C22H24N4O2. The molecule has 2 atom stereocenters. The number of aromatic nitrogens is 2. The molecule has 1 fully saturated rings. The molecule has 3 aromatic rings. The number of fused-ring (bicyclic) bond motifs is 1. The van der Waals surface area contributed by atoms with Gasteiger partial charge in [-0.3, -0.25) is 9.59 Å². The highest BCUT2D eigenvalue weighted by molar-refractivity contribution is 5.89. The van der Waals surface area contributed by atoms with Crippen LogP contribution < -0.4 is 5.32 Å². The fraction of sp³-hybridized carbons (Fsp3) is 0.318. The number of nitrogens with one attached hydrogen (secondary N) is 2. The van der Waals surface area contributed by atoms with Crippen LogP contribution in [0.1, 0.15) is 36.3 Å². The van der Waals surface area contributed by atoms with Gasteiger partial charge < -0.3 is 15.2 Å². The van der Waals surface area contributed by atoms with Gasteiger partial charge in [-0.05, 0) is 31.5 Å². The molecule has 0 bridgehead atoms. The highest BCUT2D eigenvalue weighted by Crippen LogP contribution is 2.22. The van der Waals surface area contributed by atoms with Gasteiger partial charge in [-0.2, -0.15) is 0 Å². The Morgan fingerprint density at radius 2 is 2.00 bits per heavy atom. The Morgan fingerprint density at radius 3 is 2.75 bits per heavy atom. The number of amides is 2. The van der Waals surface area contributed by atoms with Crippen LogP contribution >= 0.6 is 0 Å². The van der Waals surface area contributed by atoms with Gasteiger partial charge in [0.25, 0.3) is 0 Å². The van der Waals surface area contributed by atoms with Gasteiger partial charge in [0.1, 0.15) is 5.82 Å². The molecule has 4 rings (SSSR count). The van der Waals surface area contributed by atoms with E-state index in [0.29, 0.717) is 13.1 Å². The number of H-pyrrole nitrogens is 1. The Hall–Kier alpha value is -3.15. The number of rotatable bonds is 5. The van der Waals surface area contributed by atoms with E-state index in [2.05, 4.69) is 15.3 Å². The van der Waals surface area contributed by atoms with E-state index in [1.54, 1.807) is 4.90 Å². The zero-order chi connectivity index (χ0) is 19.7. The zero-order valence-corrected chi connectivity index (χ0v) is 16.1. The maximum atomic E-state index is 12.7. The molecule has 1 aromatic heterocycles. The molecule has 2 N–H and O–H groups in total. The van der Waals surface area contributed by atoms with Crippen molar-refractivity contribution < 1.29 is 9.59 Å². The second-order valence-electron chi connectivity index (χ2n) is 7.53. The molecule has 2 aromatic carbocycles. The van der Waals surface area contributed by atoms with Crippen molar-refractivity contribution in [3.8, 4) is 0 Å². The molecule has 1 aliphatic heterocycles. The van der Waals surface area contributed by atoms with Gasteiger partial charge in [0.15, 0.2) is 0 Å². The molecule has 1 saturated heterocycles. The van der Waals surface area contributed by atoms with Crippen LogP contribution in [0.25, 0.3) is 11.0 Å². The van der Waals surface area contributed by atoms with E-state index in [9.17, 15) is 9.59 Å². The fourth-order valence-electron chi connectivity index (χ4n) is 3.59. The number of benzene rings is 2. The van der Waals surface area contributed by atoms with E-state index in [4.69, 9.17) is 0 Å². The van der Waals surface area contributed by atoms with Gasteiger partial charge in [-0.15, -0.1) is 0 Å². The second kappa shape index (κ2) is 7.46. The number of para-hydroxylation sites is 2. The van der Waals surface area contributed by atoms with Crippen LogP contribution in [0.2, 0.25) is 0 Å². The molecule has 6 nitrogen and oxygen atoms in total. The van der Waals surface area contributed by atoms with Crippen LogP contribution in [-0.2, 0) is 16.1 Å². The van der Waals surface area contributed by atoms with Gasteiger partial charge in [0.2, 0.25) is 11.8 Å². The molecular weight excluding hydrogens is 352 g/mol. The predicted octanol–water partition coefficient (Wildman–Crippen LogP) is 3.10. The summed E-state index contributed by atoms with van der Waals surface area (Å²) in [5.41, 5.74) is 4.09. The summed E-state index contributed by atoms with van der Waals surface area (Å²) >= 11 is 0. The summed E-state index contributed by atoms with van der Waals surface area (Å²) in [5.74, 6) is 0.310. The smallest absolute Gasteiger partial charge is 0.226 e. The third-order valence-corrected chi connectivity index (χ3v) is 5.26. The Balaban J connectivity index is 1.38. The summed E-state index contributed by atoms with van der Waals surface area (Å²) in [5, 5.41) is 3.00. The lowest BCUT2D eigenvalue weighted by molar-refractivity contribution is -0.129. The minimum Gasteiger partial charge on any atom is -0.346 e. The average Bonchev–Trinajstić information content (AvgIpc) is 3.27. The number of aryl methyl sites for hydroxylation is 1. The third kappa shape index (κ3) is 3.76. The van der Waals surface area contributed by atoms with Crippen molar-refractivity contribution >= 4 is 22.8 Å².